The van der Waals surface area contributed by atoms with Gasteiger partial charge < -0.3 is 9.88 Å². The van der Waals surface area contributed by atoms with Crippen molar-refractivity contribution in [1.29, 1.82) is 0 Å². The van der Waals surface area contributed by atoms with Gasteiger partial charge >= 0.3 is 0 Å². The number of hydrogen-bond donors (Lipinski definition) is 1. The van der Waals surface area contributed by atoms with E-state index in [2.05, 4.69) is 27.5 Å². The van der Waals surface area contributed by atoms with Gasteiger partial charge in [0, 0.05) is 18.1 Å². The summed E-state index contributed by atoms with van der Waals surface area (Å²) in [5.74, 6) is -0.362. The highest BCUT2D eigenvalue weighted by Crippen LogP contribution is 2.20. The summed E-state index contributed by atoms with van der Waals surface area (Å²) in [4.78, 5) is 30.1. The molecule has 7 nitrogen and oxygen atoms in total. The number of nitrogens with one attached hydrogen (secondary N) is 1. The van der Waals surface area contributed by atoms with E-state index in [-0.39, 0.29) is 34.2 Å². The molecule has 1 unspecified atom stereocenters. The molecular weight excluding hydrogens is 414 g/mol. The van der Waals surface area contributed by atoms with Gasteiger partial charge in [-0.1, -0.05) is 41.9 Å². The van der Waals surface area contributed by atoms with Crippen molar-refractivity contribution in [2.45, 2.75) is 25.8 Å². The third kappa shape index (κ3) is 4.36. The summed E-state index contributed by atoms with van der Waals surface area (Å²) in [6.45, 7) is 1.95. The van der Waals surface area contributed by atoms with Gasteiger partial charge in [0.2, 0.25) is 0 Å². The van der Waals surface area contributed by atoms with E-state index in [1.54, 1.807) is 31.3 Å². The van der Waals surface area contributed by atoms with E-state index in [0.717, 1.165) is 12.8 Å². The van der Waals surface area contributed by atoms with Crippen LogP contribution in [0.15, 0.2) is 65.7 Å². The van der Waals surface area contributed by atoms with Crippen LogP contribution >= 0.6 is 11.6 Å². The van der Waals surface area contributed by atoms with E-state index in [1.165, 1.54) is 21.1 Å². The summed E-state index contributed by atoms with van der Waals surface area (Å²) >= 11 is 5.99. The normalized spacial score (nSPS) is 12.1. The number of amides is 1. The molecule has 2 heterocycles. The van der Waals surface area contributed by atoms with E-state index >= 15 is 0 Å². The van der Waals surface area contributed by atoms with Crippen LogP contribution in [0.25, 0.3) is 16.7 Å². The molecule has 158 valence electrons. The first kappa shape index (κ1) is 20.8. The smallest absolute Gasteiger partial charge is 0.279 e. The van der Waals surface area contributed by atoms with Crippen LogP contribution in [0.2, 0.25) is 5.02 Å². The Morgan fingerprint density at radius 3 is 2.55 bits per heavy atom. The number of carbonyl (C=O) groups excluding carboxylic acids is 1. The molecule has 8 heteroatoms. The summed E-state index contributed by atoms with van der Waals surface area (Å²) in [7, 11) is 1.61. The molecule has 0 spiro atoms. The molecule has 0 bridgehead atoms. The quantitative estimate of drug-likeness (QED) is 0.502. The molecule has 2 aromatic carbocycles. The Balaban J connectivity index is 1.64. The Kier molecular flexibility index (Phi) is 5.86. The summed E-state index contributed by atoms with van der Waals surface area (Å²) in [6, 6.07) is 16.9. The zero-order chi connectivity index (χ0) is 22.0. The Morgan fingerprint density at radius 2 is 1.84 bits per heavy atom. The predicted octanol–water partition coefficient (Wildman–Crippen LogP) is 3.52. The largest absolute Gasteiger partial charge is 0.348 e. The Morgan fingerprint density at radius 1 is 1.13 bits per heavy atom. The predicted molar refractivity (Wildman–Crippen MR) is 121 cm³/mol. The van der Waals surface area contributed by atoms with Gasteiger partial charge in [-0.25, -0.2) is 9.67 Å². The highest BCUT2D eigenvalue weighted by Gasteiger charge is 2.23. The van der Waals surface area contributed by atoms with Gasteiger partial charge in [-0.15, -0.1) is 0 Å². The van der Waals surface area contributed by atoms with Crippen molar-refractivity contribution in [3.63, 3.8) is 0 Å². The first-order valence-electron chi connectivity index (χ1n) is 9.99. The van der Waals surface area contributed by atoms with Crippen LogP contribution in [0.3, 0.4) is 0 Å². The van der Waals surface area contributed by atoms with Crippen molar-refractivity contribution in [2.24, 2.45) is 7.05 Å². The highest BCUT2D eigenvalue weighted by molar-refractivity contribution is 6.30. The van der Waals surface area contributed by atoms with Crippen LogP contribution < -0.4 is 10.9 Å². The number of hydrogen-bond acceptors (Lipinski definition) is 4. The monoisotopic (exact) mass is 435 g/mol. The zero-order valence-corrected chi connectivity index (χ0v) is 18.0. The number of halogens is 1. The van der Waals surface area contributed by atoms with Gasteiger partial charge in [0.1, 0.15) is 5.52 Å². The third-order valence-electron chi connectivity index (χ3n) is 5.12. The lowest BCUT2D eigenvalue weighted by Crippen LogP contribution is -2.33. The maximum Gasteiger partial charge on any atom is 0.279 e. The topological polar surface area (TPSA) is 81.8 Å². The van der Waals surface area contributed by atoms with E-state index < -0.39 is 0 Å². The molecule has 0 aliphatic carbocycles. The van der Waals surface area contributed by atoms with E-state index in [4.69, 9.17) is 11.6 Å². The van der Waals surface area contributed by atoms with Crippen molar-refractivity contribution >= 4 is 28.5 Å². The SMILES string of the molecule is CC(CCc1ccccc1)NC(=O)c1nn(-c2ccc(Cl)cc2)c2c(=O)n(C)cnc12. The summed E-state index contributed by atoms with van der Waals surface area (Å²) in [5.41, 5.74) is 2.18. The molecule has 0 saturated carbocycles. The fraction of sp³-hybridized carbons (Fsp3) is 0.217. The van der Waals surface area contributed by atoms with Gasteiger partial charge in [0.25, 0.3) is 11.5 Å². The Labute approximate surface area is 184 Å². The Hall–Kier alpha value is -3.45. The van der Waals surface area contributed by atoms with Crippen LogP contribution in [0.5, 0.6) is 0 Å². The summed E-state index contributed by atoms with van der Waals surface area (Å²) in [6.07, 6.45) is 3.02. The maximum absolute atomic E-state index is 13.0. The van der Waals surface area contributed by atoms with Gasteiger partial charge in [0.05, 0.1) is 12.0 Å². The average molecular weight is 436 g/mol. The van der Waals surface area contributed by atoms with Crippen molar-refractivity contribution in [2.75, 3.05) is 0 Å². The molecule has 0 saturated heterocycles. The second-order valence-corrected chi connectivity index (χ2v) is 7.93. The average Bonchev–Trinajstić information content (AvgIpc) is 3.16. The van der Waals surface area contributed by atoms with Crippen LogP contribution in [0.1, 0.15) is 29.4 Å². The molecule has 4 aromatic rings. The van der Waals surface area contributed by atoms with E-state index in [0.29, 0.717) is 10.7 Å². The molecular formula is C23H22ClN5O2. The highest BCUT2D eigenvalue weighted by atomic mass is 35.5. The zero-order valence-electron chi connectivity index (χ0n) is 17.2. The second-order valence-electron chi connectivity index (χ2n) is 7.49. The number of aromatic nitrogens is 4. The van der Waals surface area contributed by atoms with Gasteiger partial charge in [-0.3, -0.25) is 9.59 Å². The molecule has 0 radical (unpaired) electrons. The second kappa shape index (κ2) is 8.73. The van der Waals surface area contributed by atoms with Gasteiger partial charge in [-0.2, -0.15) is 5.10 Å². The minimum atomic E-state index is -0.362. The number of aryl methyl sites for hydroxylation is 2. The number of nitrogens with zero attached hydrogens (tertiary/aromatic N) is 4. The van der Waals surface area contributed by atoms with Crippen molar-refractivity contribution in [3.8, 4) is 5.69 Å². The molecule has 2 aromatic heterocycles. The Bertz CT molecular complexity index is 1280. The molecule has 0 fully saturated rings. The molecule has 31 heavy (non-hydrogen) atoms. The van der Waals surface area contributed by atoms with Crippen molar-refractivity contribution in [3.05, 3.63) is 87.6 Å². The molecule has 1 N–H and O–H groups in total. The van der Waals surface area contributed by atoms with E-state index in [1.807, 2.05) is 25.1 Å². The molecule has 0 aliphatic rings. The van der Waals surface area contributed by atoms with Crippen LogP contribution in [-0.4, -0.2) is 31.3 Å². The number of benzene rings is 2. The van der Waals surface area contributed by atoms with Crippen molar-refractivity contribution < 1.29 is 4.79 Å². The maximum atomic E-state index is 13.0. The van der Waals surface area contributed by atoms with E-state index in [9.17, 15) is 9.59 Å². The lowest BCUT2D eigenvalue weighted by molar-refractivity contribution is 0.0934. The molecule has 1 atom stereocenters. The number of rotatable bonds is 6. The standard InChI is InChI=1S/C23H22ClN5O2/c1-15(8-9-16-6-4-3-5-7-16)26-22(30)20-19-21(23(31)28(2)14-25-19)29(27-20)18-12-10-17(24)11-13-18/h3-7,10-15H,8-9H2,1-2H3,(H,26,30). The van der Waals surface area contributed by atoms with Crippen molar-refractivity contribution in [1.82, 2.24) is 24.6 Å². The summed E-state index contributed by atoms with van der Waals surface area (Å²) < 4.78 is 2.81. The molecule has 4 rings (SSSR count). The van der Waals surface area contributed by atoms with Crippen LogP contribution in [0, 0.1) is 0 Å². The molecule has 1 amide bonds. The number of fused-ring (bicyclic) bond motifs is 1. The minimum absolute atomic E-state index is 0.0741. The van der Waals surface area contributed by atoms with Gasteiger partial charge in [-0.05, 0) is 49.6 Å². The lowest BCUT2D eigenvalue weighted by atomic mass is 10.1. The fourth-order valence-electron chi connectivity index (χ4n) is 3.40. The first-order chi connectivity index (χ1) is 14.9. The molecule has 0 aliphatic heterocycles. The first-order valence-corrected chi connectivity index (χ1v) is 10.4. The van der Waals surface area contributed by atoms with Crippen LogP contribution in [-0.2, 0) is 13.5 Å². The minimum Gasteiger partial charge on any atom is -0.348 e. The summed E-state index contributed by atoms with van der Waals surface area (Å²) in [5, 5.41) is 8.00. The lowest BCUT2D eigenvalue weighted by Gasteiger charge is -2.13. The van der Waals surface area contributed by atoms with Gasteiger partial charge in [0.15, 0.2) is 11.2 Å². The van der Waals surface area contributed by atoms with Crippen LogP contribution in [0.4, 0.5) is 0 Å². The third-order valence-corrected chi connectivity index (χ3v) is 5.37. The number of carbonyl (C=O) groups is 1. The fourth-order valence-corrected chi connectivity index (χ4v) is 3.53.